The molecule has 11 nitrogen and oxygen atoms in total. The zero-order chi connectivity index (χ0) is 24.4. The topological polar surface area (TPSA) is 127 Å². The SMILES string of the molecule is COc1ccc2ncc(=O)n(CCN3C[C@H](CNCc4ccn5ccc(=O)nc5c4)[C@H](O)C3)c2n1. The molecule has 1 fully saturated rings. The van der Waals surface area contributed by atoms with E-state index in [0.717, 1.165) is 12.1 Å². The van der Waals surface area contributed by atoms with Gasteiger partial charge in [-0.15, -0.1) is 0 Å². The average molecular weight is 478 g/mol. The van der Waals surface area contributed by atoms with Gasteiger partial charge in [0.1, 0.15) is 11.2 Å². The molecule has 182 valence electrons. The van der Waals surface area contributed by atoms with Crippen LogP contribution in [0.4, 0.5) is 0 Å². The Hall–Kier alpha value is -3.67. The third-order valence-corrected chi connectivity index (χ3v) is 6.36. The van der Waals surface area contributed by atoms with Crippen LogP contribution < -0.4 is 21.2 Å². The summed E-state index contributed by atoms with van der Waals surface area (Å²) in [5.41, 5.74) is 2.25. The highest BCUT2D eigenvalue weighted by atomic mass is 16.5. The Morgan fingerprint density at radius 1 is 1.11 bits per heavy atom. The highest BCUT2D eigenvalue weighted by Crippen LogP contribution is 2.18. The molecular formula is C24H27N7O4. The first kappa shape index (κ1) is 23.1. The molecule has 2 atom stereocenters. The minimum atomic E-state index is -0.455. The molecule has 11 heteroatoms. The lowest BCUT2D eigenvalue weighted by Gasteiger charge is -2.17. The van der Waals surface area contributed by atoms with Crippen molar-refractivity contribution in [1.29, 1.82) is 0 Å². The molecule has 4 aromatic rings. The Balaban J connectivity index is 1.18. The highest BCUT2D eigenvalue weighted by Gasteiger charge is 2.30. The van der Waals surface area contributed by atoms with Crippen molar-refractivity contribution in [2.75, 3.05) is 33.3 Å². The van der Waals surface area contributed by atoms with Gasteiger partial charge in [0, 0.05) is 69.7 Å². The lowest BCUT2D eigenvalue weighted by Crippen LogP contribution is -2.31. The summed E-state index contributed by atoms with van der Waals surface area (Å²) >= 11 is 0. The molecule has 5 heterocycles. The number of nitrogens with zero attached hydrogens (tertiary/aromatic N) is 6. The van der Waals surface area contributed by atoms with Crippen LogP contribution in [-0.4, -0.2) is 73.3 Å². The molecule has 35 heavy (non-hydrogen) atoms. The summed E-state index contributed by atoms with van der Waals surface area (Å²) in [5, 5.41) is 14.0. The standard InChI is InChI=1S/C24H27N7O4/c1-35-22-3-2-18-24(28-22)31(23(34)13-26-18)9-8-29-14-17(19(32)15-29)12-25-11-16-4-6-30-7-5-21(33)27-20(30)10-16/h2-7,10,13,17,19,25,32H,8-9,11-12,14-15H2,1H3/t17-,19+/m0/s1. The van der Waals surface area contributed by atoms with Gasteiger partial charge >= 0.3 is 0 Å². The van der Waals surface area contributed by atoms with Crippen molar-refractivity contribution >= 4 is 16.8 Å². The van der Waals surface area contributed by atoms with Crippen molar-refractivity contribution in [1.82, 2.24) is 34.1 Å². The first-order valence-electron chi connectivity index (χ1n) is 11.5. The molecule has 0 amide bonds. The first-order valence-corrected chi connectivity index (χ1v) is 11.5. The molecule has 0 spiro atoms. The molecule has 0 aromatic carbocycles. The zero-order valence-corrected chi connectivity index (χ0v) is 19.4. The number of aliphatic hydroxyl groups excluding tert-OH is 1. The number of aliphatic hydroxyl groups is 1. The van der Waals surface area contributed by atoms with Crippen molar-refractivity contribution in [3.8, 4) is 5.88 Å². The highest BCUT2D eigenvalue weighted by molar-refractivity contribution is 5.70. The number of rotatable bonds is 8. The van der Waals surface area contributed by atoms with E-state index in [0.29, 0.717) is 55.4 Å². The summed E-state index contributed by atoms with van der Waals surface area (Å²) in [6.45, 7) is 3.57. The number of methoxy groups -OCH3 is 1. The van der Waals surface area contributed by atoms with E-state index >= 15 is 0 Å². The van der Waals surface area contributed by atoms with Gasteiger partial charge in [-0.3, -0.25) is 19.1 Å². The normalized spacial score (nSPS) is 18.5. The summed E-state index contributed by atoms with van der Waals surface area (Å²) < 4.78 is 8.59. The van der Waals surface area contributed by atoms with E-state index in [2.05, 4.69) is 25.2 Å². The summed E-state index contributed by atoms with van der Waals surface area (Å²) in [6.07, 6.45) is 4.42. The zero-order valence-electron chi connectivity index (χ0n) is 19.4. The molecule has 1 aliphatic rings. The number of fused-ring (bicyclic) bond motifs is 2. The first-order chi connectivity index (χ1) is 17.0. The fourth-order valence-corrected chi connectivity index (χ4v) is 4.48. The molecular weight excluding hydrogens is 450 g/mol. The monoisotopic (exact) mass is 477 g/mol. The second kappa shape index (κ2) is 9.90. The molecule has 5 rings (SSSR count). The lowest BCUT2D eigenvalue weighted by molar-refractivity contribution is 0.140. The summed E-state index contributed by atoms with van der Waals surface area (Å²) in [5.74, 6) is 0.496. The number of aromatic nitrogens is 5. The van der Waals surface area contributed by atoms with Gasteiger partial charge in [0.25, 0.3) is 11.1 Å². The number of likely N-dealkylation sites (tertiary alicyclic amines) is 1. The van der Waals surface area contributed by atoms with Crippen molar-refractivity contribution in [3.05, 3.63) is 75.2 Å². The summed E-state index contributed by atoms with van der Waals surface area (Å²) in [6, 6.07) is 8.78. The number of hydrogen-bond donors (Lipinski definition) is 2. The molecule has 0 unspecified atom stereocenters. The maximum Gasteiger partial charge on any atom is 0.273 e. The lowest BCUT2D eigenvalue weighted by atomic mass is 10.1. The molecule has 1 saturated heterocycles. The van der Waals surface area contributed by atoms with Gasteiger partial charge in [0.05, 0.1) is 19.4 Å². The molecule has 4 aromatic heterocycles. The minimum Gasteiger partial charge on any atom is -0.481 e. The Kier molecular flexibility index (Phi) is 6.53. The van der Waals surface area contributed by atoms with Crippen LogP contribution in [0, 0.1) is 5.92 Å². The maximum absolute atomic E-state index is 12.5. The van der Waals surface area contributed by atoms with Crippen LogP contribution in [0.15, 0.2) is 58.5 Å². The molecule has 2 N–H and O–H groups in total. The van der Waals surface area contributed by atoms with Crippen LogP contribution >= 0.6 is 0 Å². The van der Waals surface area contributed by atoms with Gasteiger partial charge in [-0.2, -0.15) is 9.97 Å². The summed E-state index contributed by atoms with van der Waals surface area (Å²) in [4.78, 5) is 38.7. The van der Waals surface area contributed by atoms with E-state index < -0.39 is 6.10 Å². The second-order valence-electron chi connectivity index (χ2n) is 8.73. The van der Waals surface area contributed by atoms with Gasteiger partial charge in [0.15, 0.2) is 5.65 Å². The van der Waals surface area contributed by atoms with E-state index in [1.54, 1.807) is 27.3 Å². The fourth-order valence-electron chi connectivity index (χ4n) is 4.48. The van der Waals surface area contributed by atoms with Gasteiger partial charge in [-0.05, 0) is 23.8 Å². The van der Waals surface area contributed by atoms with Gasteiger partial charge < -0.3 is 19.6 Å². The smallest absolute Gasteiger partial charge is 0.273 e. The van der Waals surface area contributed by atoms with Crippen molar-refractivity contribution in [2.24, 2.45) is 5.92 Å². The predicted octanol–water partition coefficient (Wildman–Crippen LogP) is -0.109. The van der Waals surface area contributed by atoms with E-state index in [1.165, 1.54) is 19.4 Å². The Morgan fingerprint density at radius 2 is 1.97 bits per heavy atom. The Bertz CT molecular complexity index is 1470. The van der Waals surface area contributed by atoms with Crippen LogP contribution in [0.25, 0.3) is 16.8 Å². The number of ether oxygens (including phenoxy) is 1. The number of pyridine rings is 2. The minimum absolute atomic E-state index is 0.0697. The van der Waals surface area contributed by atoms with Crippen LogP contribution in [0.5, 0.6) is 5.88 Å². The van der Waals surface area contributed by atoms with Crippen molar-refractivity contribution in [3.63, 3.8) is 0 Å². The molecule has 0 aliphatic carbocycles. The van der Waals surface area contributed by atoms with Crippen LogP contribution in [0.3, 0.4) is 0 Å². The van der Waals surface area contributed by atoms with E-state index in [9.17, 15) is 14.7 Å². The molecule has 0 bridgehead atoms. The number of β-amino-alcohol motifs (C(OH)–C–C–N with tert-alkyl or cyclic N) is 1. The van der Waals surface area contributed by atoms with Gasteiger partial charge in [0.2, 0.25) is 5.88 Å². The van der Waals surface area contributed by atoms with E-state index in [1.807, 2.05) is 18.3 Å². The molecule has 0 saturated carbocycles. The van der Waals surface area contributed by atoms with Crippen LogP contribution in [-0.2, 0) is 13.1 Å². The third kappa shape index (κ3) is 5.06. The predicted molar refractivity (Wildman–Crippen MR) is 129 cm³/mol. The molecule has 0 radical (unpaired) electrons. The molecule has 1 aliphatic heterocycles. The Labute approximate surface area is 200 Å². The largest absolute Gasteiger partial charge is 0.481 e. The maximum atomic E-state index is 12.5. The third-order valence-electron chi connectivity index (χ3n) is 6.36. The van der Waals surface area contributed by atoms with Crippen molar-refractivity contribution in [2.45, 2.75) is 19.2 Å². The fraction of sp³-hybridized carbons (Fsp3) is 0.375. The Morgan fingerprint density at radius 3 is 2.83 bits per heavy atom. The summed E-state index contributed by atoms with van der Waals surface area (Å²) in [7, 11) is 1.53. The van der Waals surface area contributed by atoms with Gasteiger partial charge in [-0.25, -0.2) is 4.98 Å². The second-order valence-corrected chi connectivity index (χ2v) is 8.73. The average Bonchev–Trinajstić information content (AvgIpc) is 3.21. The van der Waals surface area contributed by atoms with Crippen LogP contribution in [0.1, 0.15) is 5.56 Å². The number of nitrogens with one attached hydrogen (secondary N) is 1. The number of hydrogen-bond acceptors (Lipinski definition) is 9. The van der Waals surface area contributed by atoms with E-state index in [-0.39, 0.29) is 17.0 Å². The van der Waals surface area contributed by atoms with Crippen LogP contribution in [0.2, 0.25) is 0 Å². The van der Waals surface area contributed by atoms with Crippen molar-refractivity contribution < 1.29 is 9.84 Å². The quantitative estimate of drug-likeness (QED) is 0.357. The van der Waals surface area contributed by atoms with E-state index in [4.69, 9.17) is 4.74 Å². The van der Waals surface area contributed by atoms with Gasteiger partial charge in [-0.1, -0.05) is 0 Å².